The second-order valence-corrected chi connectivity index (χ2v) is 9.20. The van der Waals surface area contributed by atoms with E-state index in [0.29, 0.717) is 18.2 Å². The number of nitrogens with one attached hydrogen (secondary N) is 1. The summed E-state index contributed by atoms with van der Waals surface area (Å²) >= 11 is 0. The second kappa shape index (κ2) is 12.5. The monoisotopic (exact) mass is 472 g/mol. The van der Waals surface area contributed by atoms with Crippen LogP contribution >= 0.6 is 0 Å². The van der Waals surface area contributed by atoms with Gasteiger partial charge in [-0.2, -0.15) is 0 Å². The van der Waals surface area contributed by atoms with Gasteiger partial charge in [0.1, 0.15) is 12.1 Å². The van der Waals surface area contributed by atoms with E-state index >= 15 is 0 Å². The van der Waals surface area contributed by atoms with Gasteiger partial charge in [0.05, 0.1) is 7.11 Å². The molecule has 0 radical (unpaired) electrons. The summed E-state index contributed by atoms with van der Waals surface area (Å²) in [4.78, 5) is 23.3. The maximum Gasteiger partial charge on any atom is 0.251 e. The molecule has 184 valence electrons. The van der Waals surface area contributed by atoms with Crippen molar-refractivity contribution in [2.45, 2.75) is 51.5 Å². The van der Waals surface area contributed by atoms with Crippen LogP contribution in [0.15, 0.2) is 61.2 Å². The first kappa shape index (κ1) is 24.9. The van der Waals surface area contributed by atoms with Crippen molar-refractivity contribution in [1.29, 1.82) is 0 Å². The van der Waals surface area contributed by atoms with Crippen LogP contribution in [0.3, 0.4) is 0 Å². The number of amides is 1. The number of unbranched alkanes of at least 4 members (excludes halogenated alkanes) is 1. The fourth-order valence-corrected chi connectivity index (χ4v) is 5.03. The Balaban J connectivity index is 1.22. The van der Waals surface area contributed by atoms with E-state index in [2.05, 4.69) is 45.3 Å². The van der Waals surface area contributed by atoms with E-state index in [9.17, 15) is 4.79 Å². The number of carbonyl (C=O) groups excluding carboxylic acids is 1. The fourth-order valence-electron chi connectivity index (χ4n) is 5.03. The molecule has 1 atom stereocenters. The Morgan fingerprint density at radius 1 is 1.06 bits per heavy atom. The molecule has 1 amide bonds. The standard InChI is InChI=1S/C29H36N4O2/c1-3-16-33(26-13-14-27-24(18-26)7-6-8-28(27)35-2)17-5-4-15-32-29(34)23-11-9-22(10-12-23)25-19-30-21-31-20-25/h6-12,19-21,26H,3-5,13-18H2,1-2H3,(H,32,34)/t26-/m1/s1. The number of nitrogens with zero attached hydrogens (tertiary/aromatic N) is 3. The predicted octanol–water partition coefficient (Wildman–Crippen LogP) is 4.93. The second-order valence-electron chi connectivity index (χ2n) is 9.20. The van der Waals surface area contributed by atoms with Gasteiger partial charge in [0.2, 0.25) is 0 Å². The molecule has 0 saturated carbocycles. The summed E-state index contributed by atoms with van der Waals surface area (Å²) < 4.78 is 5.57. The van der Waals surface area contributed by atoms with Crippen molar-refractivity contribution in [2.24, 2.45) is 0 Å². The number of aromatic nitrogens is 2. The highest BCUT2D eigenvalue weighted by molar-refractivity contribution is 5.94. The van der Waals surface area contributed by atoms with E-state index < -0.39 is 0 Å². The SMILES string of the molecule is CCCN(CCCCNC(=O)c1ccc(-c2cncnc2)cc1)[C@@H]1CCc2c(cccc2OC)C1. The topological polar surface area (TPSA) is 67.4 Å². The zero-order chi connectivity index (χ0) is 24.5. The first-order valence-electron chi connectivity index (χ1n) is 12.7. The molecule has 2 aromatic carbocycles. The van der Waals surface area contributed by atoms with E-state index in [1.165, 1.54) is 23.9 Å². The number of ether oxygens (including phenoxy) is 1. The molecular formula is C29H36N4O2. The molecule has 0 bridgehead atoms. The average molecular weight is 473 g/mol. The Morgan fingerprint density at radius 3 is 2.60 bits per heavy atom. The van der Waals surface area contributed by atoms with E-state index in [1.54, 1.807) is 19.5 Å². The third-order valence-corrected chi connectivity index (χ3v) is 6.86. The van der Waals surface area contributed by atoms with Crippen molar-refractivity contribution in [3.05, 3.63) is 77.9 Å². The number of fused-ring (bicyclic) bond motifs is 1. The smallest absolute Gasteiger partial charge is 0.251 e. The van der Waals surface area contributed by atoms with Gasteiger partial charge in [0, 0.05) is 36.1 Å². The third kappa shape index (κ3) is 6.45. The molecule has 0 fully saturated rings. The first-order valence-corrected chi connectivity index (χ1v) is 12.7. The molecule has 35 heavy (non-hydrogen) atoms. The zero-order valence-corrected chi connectivity index (χ0v) is 20.9. The lowest BCUT2D eigenvalue weighted by molar-refractivity contribution is 0.0952. The van der Waals surface area contributed by atoms with Crippen LogP contribution in [0.1, 0.15) is 54.1 Å². The van der Waals surface area contributed by atoms with Crippen LogP contribution in [0.4, 0.5) is 0 Å². The maximum atomic E-state index is 12.6. The highest BCUT2D eigenvalue weighted by Crippen LogP contribution is 2.31. The molecule has 1 N–H and O–H groups in total. The number of carbonyl (C=O) groups is 1. The lowest BCUT2D eigenvalue weighted by Gasteiger charge is -2.35. The molecule has 4 rings (SSSR count). The Bertz CT molecular complexity index is 1090. The van der Waals surface area contributed by atoms with E-state index in [0.717, 1.165) is 62.1 Å². The third-order valence-electron chi connectivity index (χ3n) is 6.86. The van der Waals surface area contributed by atoms with Gasteiger partial charge in [-0.25, -0.2) is 9.97 Å². The summed E-state index contributed by atoms with van der Waals surface area (Å²) in [7, 11) is 1.76. The van der Waals surface area contributed by atoms with Gasteiger partial charge in [-0.05, 0) is 86.5 Å². The van der Waals surface area contributed by atoms with Crippen LogP contribution in [-0.4, -0.2) is 53.6 Å². The van der Waals surface area contributed by atoms with Gasteiger partial charge >= 0.3 is 0 Å². The molecule has 0 aliphatic heterocycles. The lowest BCUT2D eigenvalue weighted by atomic mass is 9.86. The Morgan fingerprint density at radius 2 is 1.86 bits per heavy atom. The van der Waals surface area contributed by atoms with Gasteiger partial charge in [-0.15, -0.1) is 0 Å². The summed E-state index contributed by atoms with van der Waals surface area (Å²) in [5.41, 5.74) is 5.43. The highest BCUT2D eigenvalue weighted by atomic mass is 16.5. The van der Waals surface area contributed by atoms with Crippen LogP contribution in [0.25, 0.3) is 11.1 Å². The molecule has 6 heteroatoms. The Labute approximate surface area is 208 Å². The average Bonchev–Trinajstić information content (AvgIpc) is 2.92. The summed E-state index contributed by atoms with van der Waals surface area (Å²) in [6.07, 6.45) is 11.6. The van der Waals surface area contributed by atoms with Gasteiger partial charge in [-0.3, -0.25) is 4.79 Å². The van der Waals surface area contributed by atoms with Crippen LogP contribution in [0.2, 0.25) is 0 Å². The molecule has 0 saturated heterocycles. The molecule has 0 unspecified atom stereocenters. The number of hydrogen-bond donors (Lipinski definition) is 1. The minimum atomic E-state index is -0.0240. The van der Waals surface area contributed by atoms with Crippen molar-refractivity contribution < 1.29 is 9.53 Å². The number of methoxy groups -OCH3 is 1. The Kier molecular flexibility index (Phi) is 8.85. The van der Waals surface area contributed by atoms with Crippen molar-refractivity contribution in [1.82, 2.24) is 20.2 Å². The number of rotatable bonds is 11. The van der Waals surface area contributed by atoms with Crippen molar-refractivity contribution in [2.75, 3.05) is 26.7 Å². The molecule has 3 aromatic rings. The van der Waals surface area contributed by atoms with Crippen LogP contribution in [0.5, 0.6) is 5.75 Å². The number of benzene rings is 2. The van der Waals surface area contributed by atoms with E-state index in [4.69, 9.17) is 4.74 Å². The minimum absolute atomic E-state index is 0.0240. The molecule has 1 aliphatic carbocycles. The fraction of sp³-hybridized carbons (Fsp3) is 0.414. The molecule has 0 spiro atoms. The van der Waals surface area contributed by atoms with Crippen molar-refractivity contribution in [3.63, 3.8) is 0 Å². The molecule has 1 heterocycles. The molecule has 1 aliphatic rings. The molecule has 6 nitrogen and oxygen atoms in total. The first-order chi connectivity index (χ1) is 17.2. The van der Waals surface area contributed by atoms with Gasteiger partial charge in [0.15, 0.2) is 0 Å². The van der Waals surface area contributed by atoms with Crippen molar-refractivity contribution in [3.8, 4) is 16.9 Å². The maximum absolute atomic E-state index is 12.6. The summed E-state index contributed by atoms with van der Waals surface area (Å²) in [5, 5.41) is 3.07. The number of hydrogen-bond acceptors (Lipinski definition) is 5. The quantitative estimate of drug-likeness (QED) is 0.401. The van der Waals surface area contributed by atoms with Crippen LogP contribution in [-0.2, 0) is 12.8 Å². The lowest BCUT2D eigenvalue weighted by Crippen LogP contribution is -2.40. The van der Waals surface area contributed by atoms with Crippen molar-refractivity contribution >= 4 is 5.91 Å². The van der Waals surface area contributed by atoms with E-state index in [-0.39, 0.29) is 5.91 Å². The highest BCUT2D eigenvalue weighted by Gasteiger charge is 2.25. The van der Waals surface area contributed by atoms with Gasteiger partial charge in [0.25, 0.3) is 5.91 Å². The van der Waals surface area contributed by atoms with Gasteiger partial charge in [-0.1, -0.05) is 31.2 Å². The van der Waals surface area contributed by atoms with Crippen LogP contribution < -0.4 is 10.1 Å². The zero-order valence-electron chi connectivity index (χ0n) is 20.9. The van der Waals surface area contributed by atoms with Gasteiger partial charge < -0.3 is 15.0 Å². The summed E-state index contributed by atoms with van der Waals surface area (Å²) in [6, 6.07) is 14.6. The van der Waals surface area contributed by atoms with E-state index in [1.807, 2.05) is 24.3 Å². The molecular weight excluding hydrogens is 436 g/mol. The Hall–Kier alpha value is -3.25. The minimum Gasteiger partial charge on any atom is -0.496 e. The normalized spacial score (nSPS) is 15.0. The van der Waals surface area contributed by atoms with Crippen LogP contribution in [0, 0.1) is 0 Å². The summed E-state index contributed by atoms with van der Waals surface area (Å²) in [5.74, 6) is 1.01. The largest absolute Gasteiger partial charge is 0.496 e. The predicted molar refractivity (Wildman–Crippen MR) is 140 cm³/mol. The summed E-state index contributed by atoms with van der Waals surface area (Å²) in [6.45, 7) is 5.14. The molecule has 1 aromatic heterocycles.